The molecule has 13 heavy (non-hydrogen) atoms. The number of unbranched alkanes of at least 4 members (excludes halogenated alkanes) is 1. The summed E-state index contributed by atoms with van der Waals surface area (Å²) in [6.07, 6.45) is 3.84. The van der Waals surface area contributed by atoms with Crippen molar-refractivity contribution in [2.45, 2.75) is 19.8 Å². The largest absolute Gasteiger partial charge is 0.345 e. The Morgan fingerprint density at radius 3 is 2.69 bits per heavy atom. The van der Waals surface area contributed by atoms with Crippen LogP contribution in [0.15, 0.2) is 4.99 Å². The molecule has 0 aliphatic carbocycles. The van der Waals surface area contributed by atoms with Gasteiger partial charge in [-0.05, 0) is 12.7 Å². The van der Waals surface area contributed by atoms with Gasteiger partial charge in [0.2, 0.25) is 0 Å². The molecule has 0 unspecified atom stereocenters. The second kappa shape index (κ2) is 7.21. The Hall–Kier alpha value is -0.220. The van der Waals surface area contributed by atoms with E-state index in [0.717, 1.165) is 19.4 Å². The predicted molar refractivity (Wildman–Crippen MR) is 59.7 cm³/mol. The van der Waals surface area contributed by atoms with Crippen LogP contribution in [0.4, 0.5) is 4.79 Å². The van der Waals surface area contributed by atoms with Gasteiger partial charge >= 0.3 is 6.03 Å². The topological polar surface area (TPSA) is 32.7 Å². The SMILES string of the molecule is CCCCN(C)C(=O)N=C(Cl)SC. The number of amides is 2. The number of halogens is 1. The number of aliphatic imine (C=N–C) groups is 1. The Kier molecular flexibility index (Phi) is 7.09. The Morgan fingerprint density at radius 2 is 2.23 bits per heavy atom. The first-order valence-electron chi connectivity index (χ1n) is 4.15. The Labute approximate surface area is 88.5 Å². The summed E-state index contributed by atoms with van der Waals surface area (Å²) in [6, 6.07) is -0.271. The molecule has 0 aromatic heterocycles. The lowest BCUT2D eigenvalue weighted by molar-refractivity contribution is 0.218. The van der Waals surface area contributed by atoms with Gasteiger partial charge in [0.15, 0.2) is 4.50 Å². The summed E-state index contributed by atoms with van der Waals surface area (Å²) < 4.78 is 0.286. The van der Waals surface area contributed by atoms with E-state index in [1.807, 2.05) is 0 Å². The Balaban J connectivity index is 3.95. The normalized spacial score (nSPS) is 11.5. The van der Waals surface area contributed by atoms with E-state index in [-0.39, 0.29) is 10.5 Å². The molecule has 0 bridgehead atoms. The highest BCUT2D eigenvalue weighted by atomic mass is 35.5. The van der Waals surface area contributed by atoms with Crippen molar-refractivity contribution in [1.29, 1.82) is 0 Å². The van der Waals surface area contributed by atoms with Crippen molar-refractivity contribution in [3.63, 3.8) is 0 Å². The zero-order chi connectivity index (χ0) is 10.3. The average Bonchev–Trinajstić information content (AvgIpc) is 2.13. The minimum Gasteiger partial charge on any atom is -0.326 e. The zero-order valence-electron chi connectivity index (χ0n) is 8.21. The smallest absolute Gasteiger partial charge is 0.326 e. The lowest BCUT2D eigenvalue weighted by Crippen LogP contribution is -2.24. The molecular weight excluding hydrogens is 208 g/mol. The summed E-state index contributed by atoms with van der Waals surface area (Å²) in [6.45, 7) is 2.81. The molecule has 0 heterocycles. The van der Waals surface area contributed by atoms with Crippen molar-refractivity contribution in [1.82, 2.24) is 4.90 Å². The lowest BCUT2D eigenvalue weighted by atomic mass is 10.3. The van der Waals surface area contributed by atoms with Gasteiger partial charge in [-0.3, -0.25) is 0 Å². The monoisotopic (exact) mass is 222 g/mol. The van der Waals surface area contributed by atoms with E-state index in [1.54, 1.807) is 18.2 Å². The van der Waals surface area contributed by atoms with Gasteiger partial charge < -0.3 is 4.90 Å². The van der Waals surface area contributed by atoms with Crippen molar-refractivity contribution < 1.29 is 4.79 Å². The van der Waals surface area contributed by atoms with Crippen LogP contribution in [-0.2, 0) is 0 Å². The first kappa shape index (κ1) is 12.8. The molecule has 0 aliphatic heterocycles. The van der Waals surface area contributed by atoms with Crippen LogP contribution >= 0.6 is 23.4 Å². The molecule has 5 heteroatoms. The minimum atomic E-state index is -0.271. The van der Waals surface area contributed by atoms with Gasteiger partial charge in [-0.2, -0.15) is 4.99 Å². The van der Waals surface area contributed by atoms with Gasteiger partial charge in [-0.1, -0.05) is 36.7 Å². The fraction of sp³-hybridized carbons (Fsp3) is 0.750. The van der Waals surface area contributed by atoms with E-state index in [0.29, 0.717) is 0 Å². The second-order valence-electron chi connectivity index (χ2n) is 2.63. The van der Waals surface area contributed by atoms with Crippen LogP contribution in [0, 0.1) is 0 Å². The molecule has 0 saturated heterocycles. The van der Waals surface area contributed by atoms with E-state index in [1.165, 1.54) is 11.8 Å². The van der Waals surface area contributed by atoms with Gasteiger partial charge in [0.05, 0.1) is 0 Å². The number of urea groups is 1. The first-order valence-corrected chi connectivity index (χ1v) is 5.75. The van der Waals surface area contributed by atoms with Gasteiger partial charge in [-0.25, -0.2) is 4.79 Å². The molecule has 2 amide bonds. The quantitative estimate of drug-likeness (QED) is 0.544. The fourth-order valence-electron chi connectivity index (χ4n) is 0.697. The number of carbonyl (C=O) groups is 1. The van der Waals surface area contributed by atoms with Crippen LogP contribution in [0.3, 0.4) is 0 Å². The van der Waals surface area contributed by atoms with E-state index in [9.17, 15) is 4.79 Å². The van der Waals surface area contributed by atoms with Crippen LogP contribution in [0.2, 0.25) is 0 Å². The van der Waals surface area contributed by atoms with Crippen LogP contribution in [-0.4, -0.2) is 35.3 Å². The highest BCUT2D eigenvalue weighted by Gasteiger charge is 2.06. The van der Waals surface area contributed by atoms with Gasteiger partial charge in [-0.15, -0.1) is 0 Å². The van der Waals surface area contributed by atoms with Crippen molar-refractivity contribution in [3.8, 4) is 0 Å². The summed E-state index contributed by atoms with van der Waals surface area (Å²) in [7, 11) is 1.73. The van der Waals surface area contributed by atoms with Crippen molar-refractivity contribution in [2.75, 3.05) is 19.8 Å². The Bertz CT molecular complexity index is 197. The van der Waals surface area contributed by atoms with Gasteiger partial charge in [0, 0.05) is 13.6 Å². The maximum Gasteiger partial charge on any atom is 0.345 e. The van der Waals surface area contributed by atoms with E-state index >= 15 is 0 Å². The van der Waals surface area contributed by atoms with Gasteiger partial charge in [0.1, 0.15) is 0 Å². The van der Waals surface area contributed by atoms with E-state index < -0.39 is 0 Å². The van der Waals surface area contributed by atoms with Crippen molar-refractivity contribution >= 4 is 33.9 Å². The molecule has 0 aromatic carbocycles. The van der Waals surface area contributed by atoms with Crippen LogP contribution < -0.4 is 0 Å². The highest BCUT2D eigenvalue weighted by Crippen LogP contribution is 2.04. The predicted octanol–water partition coefficient (Wildman–Crippen LogP) is 2.80. The number of rotatable bonds is 3. The van der Waals surface area contributed by atoms with Crippen molar-refractivity contribution in [2.24, 2.45) is 4.99 Å². The van der Waals surface area contributed by atoms with Gasteiger partial charge in [0.25, 0.3) is 0 Å². The molecular formula is C8H15ClN2OS. The maximum atomic E-state index is 11.3. The third kappa shape index (κ3) is 5.93. The summed E-state index contributed by atoms with van der Waals surface area (Å²) in [5.74, 6) is 0. The number of hydrogen-bond donors (Lipinski definition) is 0. The van der Waals surface area contributed by atoms with Crippen LogP contribution in [0.25, 0.3) is 0 Å². The zero-order valence-corrected chi connectivity index (χ0v) is 9.78. The molecule has 0 atom stereocenters. The summed E-state index contributed by atoms with van der Waals surface area (Å²) >= 11 is 6.87. The standard InChI is InChI=1S/C8H15ClN2OS/c1-4-5-6-11(2)8(12)10-7(9)13-3/h4-6H2,1-3H3. The molecule has 0 rings (SSSR count). The third-order valence-corrected chi connectivity index (χ3v) is 2.50. The number of nitrogens with zero attached hydrogens (tertiary/aromatic N) is 2. The molecule has 0 fully saturated rings. The highest BCUT2D eigenvalue weighted by molar-refractivity contribution is 8.16. The molecule has 0 saturated carbocycles. The fourth-order valence-corrected chi connectivity index (χ4v) is 0.939. The summed E-state index contributed by atoms with van der Waals surface area (Å²) in [4.78, 5) is 16.5. The molecule has 0 aliphatic rings. The maximum absolute atomic E-state index is 11.3. The first-order chi connectivity index (χ1) is 6.11. The van der Waals surface area contributed by atoms with Crippen molar-refractivity contribution in [3.05, 3.63) is 0 Å². The minimum absolute atomic E-state index is 0.271. The third-order valence-electron chi connectivity index (χ3n) is 1.53. The molecule has 0 spiro atoms. The number of hydrogen-bond acceptors (Lipinski definition) is 2. The molecule has 0 aromatic rings. The van der Waals surface area contributed by atoms with E-state index in [2.05, 4.69) is 11.9 Å². The van der Waals surface area contributed by atoms with E-state index in [4.69, 9.17) is 11.6 Å². The molecule has 0 N–H and O–H groups in total. The molecule has 3 nitrogen and oxygen atoms in total. The molecule has 76 valence electrons. The number of thioether (sulfide) groups is 1. The number of carbonyl (C=O) groups excluding carboxylic acids is 1. The Morgan fingerprint density at radius 1 is 1.62 bits per heavy atom. The second-order valence-corrected chi connectivity index (χ2v) is 4.00. The van der Waals surface area contributed by atoms with Crippen LogP contribution in [0.1, 0.15) is 19.8 Å². The average molecular weight is 223 g/mol. The summed E-state index contributed by atoms with van der Waals surface area (Å²) in [5, 5.41) is 0. The molecule has 0 radical (unpaired) electrons. The van der Waals surface area contributed by atoms with Crippen LogP contribution in [0.5, 0.6) is 0 Å². The lowest BCUT2D eigenvalue weighted by Gasteiger charge is -2.12. The summed E-state index contributed by atoms with van der Waals surface area (Å²) in [5.41, 5.74) is 0.